The molecule has 2 bridgehead atoms. The summed E-state index contributed by atoms with van der Waals surface area (Å²) >= 11 is 0. The lowest BCUT2D eigenvalue weighted by atomic mass is 9.87. The van der Waals surface area contributed by atoms with Crippen LogP contribution in [0.2, 0.25) is 0 Å². The van der Waals surface area contributed by atoms with Crippen molar-refractivity contribution in [3.05, 3.63) is 0 Å². The van der Waals surface area contributed by atoms with Crippen molar-refractivity contribution in [1.82, 2.24) is 4.90 Å². The van der Waals surface area contributed by atoms with E-state index in [1.54, 1.807) is 0 Å². The highest BCUT2D eigenvalue weighted by atomic mass is 16.5. The van der Waals surface area contributed by atoms with Crippen LogP contribution in [0.25, 0.3) is 0 Å². The van der Waals surface area contributed by atoms with E-state index in [1.807, 2.05) is 0 Å². The zero-order valence-electron chi connectivity index (χ0n) is 10.2. The first-order valence-electron chi connectivity index (χ1n) is 6.05. The van der Waals surface area contributed by atoms with Gasteiger partial charge in [0.05, 0.1) is 13.2 Å². The third-order valence-corrected chi connectivity index (χ3v) is 3.37. The van der Waals surface area contributed by atoms with Crippen LogP contribution >= 0.6 is 0 Å². The summed E-state index contributed by atoms with van der Waals surface area (Å²) in [5, 5.41) is 0. The van der Waals surface area contributed by atoms with Crippen molar-refractivity contribution in [2.45, 2.75) is 51.7 Å². The van der Waals surface area contributed by atoms with Gasteiger partial charge in [0, 0.05) is 24.7 Å². The number of hydrogen-bond acceptors (Lipinski definition) is 3. The van der Waals surface area contributed by atoms with Crippen molar-refractivity contribution in [1.29, 1.82) is 0 Å². The Bertz CT molecular complexity index is 210. The van der Waals surface area contributed by atoms with E-state index >= 15 is 0 Å². The third kappa shape index (κ3) is 2.71. The molecule has 0 aromatic carbocycles. The summed E-state index contributed by atoms with van der Waals surface area (Å²) in [6, 6.07) is 1.51. The first-order chi connectivity index (χ1) is 6.96. The molecule has 0 radical (unpaired) electrons. The van der Waals surface area contributed by atoms with Crippen LogP contribution in [-0.4, -0.2) is 42.8 Å². The number of rotatable bonds is 1. The van der Waals surface area contributed by atoms with Gasteiger partial charge in [-0.15, -0.1) is 0 Å². The third-order valence-electron chi connectivity index (χ3n) is 3.37. The van der Waals surface area contributed by atoms with E-state index in [-0.39, 0.29) is 0 Å². The standard InChI is InChI=1S/C12H24N2O/c1-12(2,3)8-14-10-4-9(13)5-11(14)7-15-6-10/h9-11H,4-8,13H2,1-3H3/t9-,10-,11+. The molecule has 3 atom stereocenters. The molecule has 0 aromatic rings. The van der Waals surface area contributed by atoms with Crippen molar-refractivity contribution in [3.63, 3.8) is 0 Å². The molecule has 3 nitrogen and oxygen atoms in total. The summed E-state index contributed by atoms with van der Waals surface area (Å²) in [5.41, 5.74) is 6.44. The van der Waals surface area contributed by atoms with Crippen molar-refractivity contribution in [2.75, 3.05) is 19.8 Å². The number of fused-ring (bicyclic) bond motifs is 2. The highest BCUT2D eigenvalue weighted by Gasteiger charge is 2.39. The maximum Gasteiger partial charge on any atom is 0.0623 e. The molecule has 0 aliphatic carbocycles. The Balaban J connectivity index is 2.04. The van der Waals surface area contributed by atoms with Gasteiger partial charge < -0.3 is 10.5 Å². The van der Waals surface area contributed by atoms with Gasteiger partial charge in [-0.25, -0.2) is 0 Å². The van der Waals surface area contributed by atoms with Crippen LogP contribution in [0.1, 0.15) is 33.6 Å². The molecule has 2 aliphatic heterocycles. The quantitative estimate of drug-likeness (QED) is 0.710. The molecule has 2 heterocycles. The van der Waals surface area contributed by atoms with Gasteiger partial charge in [-0.05, 0) is 18.3 Å². The van der Waals surface area contributed by atoms with Crippen molar-refractivity contribution < 1.29 is 4.74 Å². The number of hydrogen-bond donors (Lipinski definition) is 1. The predicted octanol–water partition coefficient (Wildman–Crippen LogP) is 1.22. The number of nitrogens with zero attached hydrogens (tertiary/aromatic N) is 1. The maximum absolute atomic E-state index is 6.07. The molecule has 88 valence electrons. The molecule has 0 saturated carbocycles. The topological polar surface area (TPSA) is 38.5 Å². The SMILES string of the molecule is CC(C)(C)CN1[C@@H]2COC[C@H]1C[C@@H](N)C2. The van der Waals surface area contributed by atoms with E-state index in [0.29, 0.717) is 23.5 Å². The molecule has 2 N–H and O–H groups in total. The van der Waals surface area contributed by atoms with Crippen LogP contribution in [0.4, 0.5) is 0 Å². The Hall–Kier alpha value is -0.120. The Labute approximate surface area is 93.0 Å². The van der Waals surface area contributed by atoms with Gasteiger partial charge in [-0.2, -0.15) is 0 Å². The molecule has 0 unspecified atom stereocenters. The summed E-state index contributed by atoms with van der Waals surface area (Å²) in [4.78, 5) is 2.63. The minimum Gasteiger partial charge on any atom is -0.378 e. The monoisotopic (exact) mass is 212 g/mol. The number of morpholine rings is 1. The van der Waals surface area contributed by atoms with Crippen molar-refractivity contribution >= 4 is 0 Å². The highest BCUT2D eigenvalue weighted by Crippen LogP contribution is 2.30. The van der Waals surface area contributed by atoms with Gasteiger partial charge >= 0.3 is 0 Å². The molecule has 0 amide bonds. The average molecular weight is 212 g/mol. The van der Waals surface area contributed by atoms with Gasteiger partial charge in [0.1, 0.15) is 0 Å². The molecule has 2 aliphatic rings. The number of nitrogens with two attached hydrogens (primary N) is 1. The lowest BCUT2D eigenvalue weighted by Gasteiger charge is -2.49. The Morgan fingerprint density at radius 3 is 2.20 bits per heavy atom. The lowest BCUT2D eigenvalue weighted by Crippen LogP contribution is -2.61. The fourth-order valence-corrected chi connectivity index (χ4v) is 2.84. The minimum atomic E-state index is 0.370. The van der Waals surface area contributed by atoms with E-state index in [9.17, 15) is 0 Å². The van der Waals surface area contributed by atoms with Crippen LogP contribution < -0.4 is 5.73 Å². The second-order valence-electron chi connectivity index (χ2n) is 6.31. The van der Waals surface area contributed by atoms with Crippen LogP contribution in [0.3, 0.4) is 0 Å². The second kappa shape index (κ2) is 4.04. The largest absolute Gasteiger partial charge is 0.378 e. The smallest absolute Gasteiger partial charge is 0.0623 e. The molecule has 2 fully saturated rings. The van der Waals surface area contributed by atoms with Gasteiger partial charge in [0.2, 0.25) is 0 Å². The molecular formula is C12H24N2O. The average Bonchev–Trinajstić information content (AvgIpc) is 2.04. The zero-order chi connectivity index (χ0) is 11.1. The fraction of sp³-hybridized carbons (Fsp3) is 1.00. The summed E-state index contributed by atoms with van der Waals surface area (Å²) in [7, 11) is 0. The molecule has 0 spiro atoms. The molecular weight excluding hydrogens is 188 g/mol. The Morgan fingerprint density at radius 2 is 1.73 bits per heavy atom. The highest BCUT2D eigenvalue weighted by molar-refractivity contribution is 4.94. The Morgan fingerprint density at radius 1 is 1.20 bits per heavy atom. The molecule has 15 heavy (non-hydrogen) atoms. The lowest BCUT2D eigenvalue weighted by molar-refractivity contribution is -0.0885. The van der Waals surface area contributed by atoms with Gasteiger partial charge in [0.15, 0.2) is 0 Å². The second-order valence-corrected chi connectivity index (χ2v) is 6.31. The molecule has 0 aromatic heterocycles. The van der Waals surface area contributed by atoms with Crippen LogP contribution in [-0.2, 0) is 4.74 Å². The fourth-order valence-electron chi connectivity index (χ4n) is 2.84. The molecule has 2 rings (SSSR count). The maximum atomic E-state index is 6.07. The van der Waals surface area contributed by atoms with Crippen LogP contribution in [0.15, 0.2) is 0 Å². The van der Waals surface area contributed by atoms with Crippen molar-refractivity contribution in [3.8, 4) is 0 Å². The number of piperidine rings is 1. The van der Waals surface area contributed by atoms with E-state index in [1.165, 1.54) is 6.54 Å². The van der Waals surface area contributed by atoms with Gasteiger partial charge in [0.25, 0.3) is 0 Å². The summed E-state index contributed by atoms with van der Waals surface area (Å²) in [5.74, 6) is 0. The van der Waals surface area contributed by atoms with Crippen molar-refractivity contribution in [2.24, 2.45) is 11.1 Å². The summed E-state index contributed by atoms with van der Waals surface area (Å²) < 4.78 is 5.63. The van der Waals surface area contributed by atoms with E-state index in [0.717, 1.165) is 26.1 Å². The summed E-state index contributed by atoms with van der Waals surface area (Å²) in [6.07, 6.45) is 2.21. The van der Waals surface area contributed by atoms with E-state index < -0.39 is 0 Å². The minimum absolute atomic E-state index is 0.370. The van der Waals surface area contributed by atoms with Crippen LogP contribution in [0.5, 0.6) is 0 Å². The molecule has 2 saturated heterocycles. The summed E-state index contributed by atoms with van der Waals surface area (Å²) in [6.45, 7) is 9.83. The Kier molecular flexibility index (Phi) is 3.06. The molecule has 3 heteroatoms. The number of ether oxygens (including phenoxy) is 1. The first kappa shape index (κ1) is 11.4. The van der Waals surface area contributed by atoms with E-state index in [4.69, 9.17) is 10.5 Å². The van der Waals surface area contributed by atoms with Gasteiger partial charge in [-0.1, -0.05) is 20.8 Å². The first-order valence-corrected chi connectivity index (χ1v) is 6.05. The normalized spacial score (nSPS) is 38.0. The zero-order valence-corrected chi connectivity index (χ0v) is 10.2. The van der Waals surface area contributed by atoms with Crippen LogP contribution in [0, 0.1) is 5.41 Å². The van der Waals surface area contributed by atoms with Gasteiger partial charge in [-0.3, -0.25) is 4.90 Å². The van der Waals surface area contributed by atoms with E-state index in [2.05, 4.69) is 25.7 Å². The predicted molar refractivity (Wildman–Crippen MR) is 61.8 cm³/mol.